The van der Waals surface area contributed by atoms with Crippen molar-refractivity contribution in [3.63, 3.8) is 0 Å². The molecular formula is C25H48O3Si2. The summed E-state index contributed by atoms with van der Waals surface area (Å²) in [6.07, 6.45) is 7.50. The standard InChI is InChI=1S/C25H48O3Si2/c1-11-20-27-22(18-19-23(26)28-25(8,9)10)21-24(29(12-2,13-3)14-4)30(15-5,16-6)17-7/h11,18-19,21,24H,1,12-17,20H2,2-10H3/b19-18+,22-21-. The SMILES string of the molecule is C=CCOC(=C\C([Si](CC)(CC)CC)[Si](CC)(CC)CC)/C=C/C(=O)OC(C)(C)C. The minimum atomic E-state index is -1.51. The van der Waals surface area contributed by atoms with Crippen LogP contribution in [0.15, 0.2) is 36.6 Å². The van der Waals surface area contributed by atoms with Gasteiger partial charge >= 0.3 is 5.97 Å². The fraction of sp³-hybridized carbons (Fsp3) is 0.720. The monoisotopic (exact) mass is 452 g/mol. The molecule has 0 N–H and O–H groups in total. The first-order valence-corrected chi connectivity index (χ1v) is 17.3. The lowest BCUT2D eigenvalue weighted by molar-refractivity contribution is -0.148. The molecule has 0 saturated carbocycles. The van der Waals surface area contributed by atoms with Crippen molar-refractivity contribution in [2.24, 2.45) is 0 Å². The molecule has 0 heterocycles. The molecular weight excluding hydrogens is 404 g/mol. The summed E-state index contributed by atoms with van der Waals surface area (Å²) in [6, 6.07) is 7.75. The number of carbonyl (C=O) groups is 1. The van der Waals surface area contributed by atoms with Crippen LogP contribution in [0, 0.1) is 0 Å². The van der Waals surface area contributed by atoms with E-state index in [1.54, 1.807) is 6.08 Å². The molecule has 0 unspecified atom stereocenters. The molecule has 0 bridgehead atoms. The summed E-state index contributed by atoms with van der Waals surface area (Å²) in [4.78, 5) is 12.3. The van der Waals surface area contributed by atoms with Gasteiger partial charge in [0.2, 0.25) is 0 Å². The predicted molar refractivity (Wildman–Crippen MR) is 137 cm³/mol. The second-order valence-corrected chi connectivity index (χ2v) is 20.9. The summed E-state index contributed by atoms with van der Waals surface area (Å²) in [5, 5.41) is 0.633. The van der Waals surface area contributed by atoms with Gasteiger partial charge < -0.3 is 9.47 Å². The maximum atomic E-state index is 12.3. The van der Waals surface area contributed by atoms with Crippen molar-refractivity contribution in [3.8, 4) is 0 Å². The van der Waals surface area contributed by atoms with Gasteiger partial charge in [0.05, 0.1) is 16.1 Å². The number of carbonyl (C=O) groups excluding carboxylic acids is 1. The van der Waals surface area contributed by atoms with Crippen LogP contribution < -0.4 is 0 Å². The number of esters is 1. The Hall–Kier alpha value is -1.08. The first-order valence-electron chi connectivity index (χ1n) is 11.9. The van der Waals surface area contributed by atoms with Gasteiger partial charge in [-0.15, -0.1) is 0 Å². The fourth-order valence-corrected chi connectivity index (χ4v) is 20.3. The summed E-state index contributed by atoms with van der Waals surface area (Å²) in [5.74, 6) is 0.465. The maximum Gasteiger partial charge on any atom is 0.331 e. The van der Waals surface area contributed by atoms with Crippen LogP contribution in [0.4, 0.5) is 0 Å². The van der Waals surface area contributed by atoms with Gasteiger partial charge in [-0.2, -0.15) is 0 Å². The van der Waals surface area contributed by atoms with E-state index in [-0.39, 0.29) is 5.97 Å². The highest BCUT2D eigenvalue weighted by molar-refractivity contribution is 7.00. The molecule has 0 aromatic heterocycles. The Morgan fingerprint density at radius 1 is 0.867 bits per heavy atom. The third-order valence-corrected chi connectivity index (χ3v) is 22.1. The third kappa shape index (κ3) is 8.22. The van der Waals surface area contributed by atoms with Gasteiger partial charge in [-0.1, -0.05) is 90.5 Å². The van der Waals surface area contributed by atoms with Gasteiger partial charge in [0.25, 0.3) is 0 Å². The molecule has 0 amide bonds. The molecule has 0 aliphatic rings. The Bertz CT molecular complexity index is 543. The second-order valence-electron chi connectivity index (χ2n) is 9.36. The van der Waals surface area contributed by atoms with Crippen molar-refractivity contribution in [2.75, 3.05) is 6.61 Å². The highest BCUT2D eigenvalue weighted by Crippen LogP contribution is 2.46. The minimum Gasteiger partial charge on any atom is -0.490 e. The van der Waals surface area contributed by atoms with Crippen LogP contribution in [-0.4, -0.2) is 34.3 Å². The highest BCUT2D eigenvalue weighted by Gasteiger charge is 2.47. The molecule has 0 aliphatic carbocycles. The van der Waals surface area contributed by atoms with Crippen molar-refractivity contribution < 1.29 is 14.3 Å². The molecule has 0 aliphatic heterocycles. The van der Waals surface area contributed by atoms with Crippen molar-refractivity contribution in [1.29, 1.82) is 0 Å². The van der Waals surface area contributed by atoms with Crippen molar-refractivity contribution >= 4 is 22.1 Å². The van der Waals surface area contributed by atoms with Gasteiger partial charge in [-0.05, 0) is 38.1 Å². The third-order valence-electron chi connectivity index (χ3n) is 7.03. The lowest BCUT2D eigenvalue weighted by Gasteiger charge is -2.47. The van der Waals surface area contributed by atoms with Crippen LogP contribution in [-0.2, 0) is 14.3 Å². The molecule has 0 saturated heterocycles. The average Bonchev–Trinajstić information content (AvgIpc) is 2.71. The second kappa shape index (κ2) is 13.4. The number of hydrogen-bond donors (Lipinski definition) is 0. The number of rotatable bonds is 14. The van der Waals surface area contributed by atoms with E-state index in [0.717, 1.165) is 5.76 Å². The van der Waals surface area contributed by atoms with Crippen LogP contribution in [0.1, 0.15) is 62.3 Å². The van der Waals surface area contributed by atoms with E-state index in [0.29, 0.717) is 11.8 Å². The van der Waals surface area contributed by atoms with E-state index in [9.17, 15) is 4.79 Å². The Morgan fingerprint density at radius 2 is 1.30 bits per heavy atom. The zero-order chi connectivity index (χ0) is 23.4. The van der Waals surface area contributed by atoms with Gasteiger partial charge in [0.1, 0.15) is 18.0 Å². The fourth-order valence-electron chi connectivity index (χ4n) is 4.78. The first kappa shape index (κ1) is 28.9. The minimum absolute atomic E-state index is 0.331. The summed E-state index contributed by atoms with van der Waals surface area (Å²) >= 11 is 0. The Labute approximate surface area is 189 Å². The Balaban J connectivity index is 6.39. The number of allylic oxidation sites excluding steroid dienone is 2. The lowest BCUT2D eigenvalue weighted by atomic mass is 10.2. The smallest absolute Gasteiger partial charge is 0.331 e. The maximum absolute atomic E-state index is 12.3. The van der Waals surface area contributed by atoms with Crippen LogP contribution in [0.2, 0.25) is 41.4 Å². The summed E-state index contributed by atoms with van der Waals surface area (Å²) < 4.78 is 11.5. The molecule has 174 valence electrons. The zero-order valence-electron chi connectivity index (χ0n) is 21.3. The van der Waals surface area contributed by atoms with E-state index in [4.69, 9.17) is 9.47 Å². The molecule has 30 heavy (non-hydrogen) atoms. The van der Waals surface area contributed by atoms with Crippen molar-refractivity contribution in [2.45, 2.75) is 109 Å². The molecule has 0 spiro atoms. The van der Waals surface area contributed by atoms with Crippen LogP contribution >= 0.6 is 0 Å². The molecule has 3 nitrogen and oxygen atoms in total. The Morgan fingerprint density at radius 3 is 1.63 bits per heavy atom. The van der Waals surface area contributed by atoms with E-state index >= 15 is 0 Å². The molecule has 0 rings (SSSR count). The van der Waals surface area contributed by atoms with Crippen molar-refractivity contribution in [1.82, 2.24) is 0 Å². The molecule has 0 aromatic carbocycles. The number of hydrogen-bond acceptors (Lipinski definition) is 3. The van der Waals surface area contributed by atoms with E-state index in [1.165, 1.54) is 42.3 Å². The van der Waals surface area contributed by atoms with Gasteiger partial charge in [0.15, 0.2) is 0 Å². The van der Waals surface area contributed by atoms with E-state index in [1.807, 2.05) is 26.8 Å². The van der Waals surface area contributed by atoms with E-state index in [2.05, 4.69) is 54.2 Å². The lowest BCUT2D eigenvalue weighted by Crippen LogP contribution is -2.52. The van der Waals surface area contributed by atoms with Crippen LogP contribution in [0.25, 0.3) is 0 Å². The van der Waals surface area contributed by atoms with Crippen molar-refractivity contribution in [3.05, 3.63) is 36.6 Å². The molecule has 0 aromatic rings. The topological polar surface area (TPSA) is 35.5 Å². The molecule has 0 radical (unpaired) electrons. The Kier molecular flexibility index (Phi) is 12.9. The summed E-state index contributed by atoms with van der Waals surface area (Å²) in [7, 11) is -3.02. The largest absolute Gasteiger partial charge is 0.490 e. The van der Waals surface area contributed by atoms with Crippen LogP contribution in [0.3, 0.4) is 0 Å². The normalized spacial score (nSPS) is 13.7. The average molecular weight is 453 g/mol. The molecule has 5 heteroatoms. The van der Waals surface area contributed by atoms with Gasteiger partial charge in [-0.3, -0.25) is 0 Å². The zero-order valence-corrected chi connectivity index (χ0v) is 23.3. The quantitative estimate of drug-likeness (QED) is 0.0671. The van der Waals surface area contributed by atoms with Gasteiger partial charge in [-0.25, -0.2) is 4.79 Å². The highest BCUT2D eigenvalue weighted by atomic mass is 28.4. The van der Waals surface area contributed by atoms with Crippen LogP contribution in [0.5, 0.6) is 0 Å². The summed E-state index contributed by atoms with van der Waals surface area (Å²) in [6.45, 7) is 24.2. The number of ether oxygens (including phenoxy) is 2. The first-order chi connectivity index (χ1) is 14.0. The predicted octanol–water partition coefficient (Wildman–Crippen LogP) is 7.90. The molecule has 0 atom stereocenters. The molecule has 0 fully saturated rings. The van der Waals surface area contributed by atoms with Gasteiger partial charge in [0, 0.05) is 6.08 Å². The summed E-state index contributed by atoms with van der Waals surface area (Å²) in [5.41, 5.74) is -0.501. The van der Waals surface area contributed by atoms with E-state index < -0.39 is 21.7 Å².